The summed E-state index contributed by atoms with van der Waals surface area (Å²) < 4.78 is 38.9. The zero-order valence-corrected chi connectivity index (χ0v) is 24.9. The van der Waals surface area contributed by atoms with Gasteiger partial charge in [0.05, 0.1) is 5.56 Å². The molecule has 0 unspecified atom stereocenters. The summed E-state index contributed by atoms with van der Waals surface area (Å²) in [6.45, 7) is 4.63. The van der Waals surface area contributed by atoms with Gasteiger partial charge in [-0.3, -0.25) is 9.78 Å². The molecular weight excluding hydrogens is 551 g/mol. The molecule has 5 rings (SSSR count). The molecule has 0 aliphatic carbocycles. The van der Waals surface area contributed by atoms with Crippen molar-refractivity contribution < 1.29 is 18.0 Å². The van der Waals surface area contributed by atoms with Gasteiger partial charge in [-0.2, -0.15) is 13.2 Å². The monoisotopic (exact) mass is 591 g/mol. The van der Waals surface area contributed by atoms with Gasteiger partial charge in [-0.15, -0.1) is 0 Å². The molecule has 3 heterocycles. The van der Waals surface area contributed by atoms with Crippen LogP contribution < -0.4 is 4.90 Å². The van der Waals surface area contributed by atoms with Crippen molar-refractivity contribution in [2.75, 3.05) is 45.2 Å². The molecule has 2 aromatic carbocycles. The molecule has 0 spiro atoms. The van der Waals surface area contributed by atoms with E-state index in [0.717, 1.165) is 68.1 Å². The van der Waals surface area contributed by atoms with Crippen LogP contribution >= 0.6 is 0 Å². The van der Waals surface area contributed by atoms with E-state index in [1.807, 2.05) is 24.1 Å². The predicted molar refractivity (Wildman–Crippen MR) is 165 cm³/mol. The van der Waals surface area contributed by atoms with Gasteiger partial charge in [0.1, 0.15) is 0 Å². The van der Waals surface area contributed by atoms with Crippen LogP contribution in [-0.2, 0) is 17.5 Å². The molecule has 2 aliphatic rings. The van der Waals surface area contributed by atoms with E-state index >= 15 is 0 Å². The average molecular weight is 592 g/mol. The number of likely N-dealkylation sites (tertiary alicyclic amines) is 2. The van der Waals surface area contributed by atoms with Crippen molar-refractivity contribution in [3.8, 4) is 0 Å². The Morgan fingerprint density at radius 1 is 0.884 bits per heavy atom. The van der Waals surface area contributed by atoms with E-state index in [2.05, 4.69) is 51.0 Å². The largest absolute Gasteiger partial charge is 0.416 e. The minimum absolute atomic E-state index is 0.0893. The topological polar surface area (TPSA) is 42.9 Å². The number of nitrogens with zero attached hydrogens (tertiary/aromatic N) is 5. The molecule has 0 N–H and O–H groups in total. The zero-order valence-electron chi connectivity index (χ0n) is 24.9. The van der Waals surface area contributed by atoms with Crippen molar-refractivity contribution in [3.05, 3.63) is 95.8 Å². The average Bonchev–Trinajstić information content (AvgIpc) is 3.03. The SMILES string of the molecule is CN1CCC(N2CCC(N(Cc3ccc(N(C)c4ccncc4)cc3)C(=O)C=Cc3ccc(C(F)(F)F)cc3)CC2)CC1. The van der Waals surface area contributed by atoms with E-state index in [9.17, 15) is 18.0 Å². The normalized spacial score (nSPS) is 17.8. The van der Waals surface area contributed by atoms with Crippen LogP contribution in [0, 0.1) is 0 Å². The Hall–Kier alpha value is -3.69. The second-order valence-electron chi connectivity index (χ2n) is 11.7. The van der Waals surface area contributed by atoms with Crippen molar-refractivity contribution in [1.29, 1.82) is 0 Å². The zero-order chi connectivity index (χ0) is 30.4. The molecular formula is C34H40F3N5O. The maximum absolute atomic E-state index is 13.7. The van der Waals surface area contributed by atoms with Crippen molar-refractivity contribution in [2.45, 2.75) is 50.5 Å². The van der Waals surface area contributed by atoms with Gasteiger partial charge in [0.2, 0.25) is 5.91 Å². The fourth-order valence-electron chi connectivity index (χ4n) is 6.09. The molecule has 2 fully saturated rings. The van der Waals surface area contributed by atoms with Gasteiger partial charge in [-0.25, -0.2) is 0 Å². The minimum Gasteiger partial charge on any atom is -0.345 e. The Labute approximate surface area is 252 Å². The summed E-state index contributed by atoms with van der Waals surface area (Å²) in [5.74, 6) is -0.129. The van der Waals surface area contributed by atoms with E-state index in [-0.39, 0.29) is 11.9 Å². The highest BCUT2D eigenvalue weighted by Gasteiger charge is 2.32. The number of hydrogen-bond acceptors (Lipinski definition) is 5. The second kappa shape index (κ2) is 13.7. The second-order valence-corrected chi connectivity index (χ2v) is 11.7. The smallest absolute Gasteiger partial charge is 0.345 e. The van der Waals surface area contributed by atoms with Gasteiger partial charge in [-0.1, -0.05) is 24.3 Å². The van der Waals surface area contributed by atoms with Gasteiger partial charge in [0, 0.05) is 68.6 Å². The highest BCUT2D eigenvalue weighted by Crippen LogP contribution is 2.30. The number of halogens is 3. The minimum atomic E-state index is -4.39. The Morgan fingerprint density at radius 3 is 2.09 bits per heavy atom. The van der Waals surface area contributed by atoms with Crippen LogP contribution in [0.3, 0.4) is 0 Å². The Morgan fingerprint density at radius 2 is 1.49 bits per heavy atom. The Balaban J connectivity index is 1.29. The van der Waals surface area contributed by atoms with E-state index in [1.165, 1.54) is 31.1 Å². The Kier molecular flexibility index (Phi) is 9.82. The summed E-state index contributed by atoms with van der Waals surface area (Å²) in [6, 6.07) is 17.7. The summed E-state index contributed by atoms with van der Waals surface area (Å²) in [7, 11) is 4.18. The number of pyridine rings is 1. The molecule has 1 amide bonds. The molecule has 2 aliphatic heterocycles. The van der Waals surface area contributed by atoms with Crippen molar-refractivity contribution in [2.24, 2.45) is 0 Å². The van der Waals surface area contributed by atoms with Crippen LogP contribution in [0.5, 0.6) is 0 Å². The standard InChI is InChI=1S/C34H40F3N5O/c1-39-21-15-31(16-22-39)41-23-17-32(18-24-41)42(33(43)12-7-26-3-8-28(9-4-26)34(35,36)37)25-27-5-10-29(11-6-27)40(2)30-13-19-38-20-14-30/h3-14,19-20,31-32H,15-18,21-25H2,1-2H3. The first kappa shape index (κ1) is 30.8. The van der Waals surface area contributed by atoms with Gasteiger partial charge in [0.15, 0.2) is 0 Å². The maximum Gasteiger partial charge on any atom is 0.416 e. The van der Waals surface area contributed by atoms with E-state index < -0.39 is 11.7 Å². The number of hydrogen-bond donors (Lipinski definition) is 0. The summed E-state index contributed by atoms with van der Waals surface area (Å²) in [5, 5.41) is 0. The fraction of sp³-hybridized carbons (Fsp3) is 0.412. The van der Waals surface area contributed by atoms with Crippen molar-refractivity contribution in [3.63, 3.8) is 0 Å². The third kappa shape index (κ3) is 8.03. The van der Waals surface area contributed by atoms with Gasteiger partial charge >= 0.3 is 6.18 Å². The third-order valence-electron chi connectivity index (χ3n) is 8.81. The Bertz CT molecular complexity index is 1350. The highest BCUT2D eigenvalue weighted by molar-refractivity contribution is 5.92. The van der Waals surface area contributed by atoms with Crippen molar-refractivity contribution >= 4 is 23.4 Å². The van der Waals surface area contributed by atoms with E-state index in [4.69, 9.17) is 0 Å². The first-order chi connectivity index (χ1) is 20.7. The van der Waals surface area contributed by atoms with Crippen LogP contribution in [0.15, 0.2) is 79.1 Å². The van der Waals surface area contributed by atoms with Crippen LogP contribution in [0.2, 0.25) is 0 Å². The predicted octanol–water partition coefficient (Wildman–Crippen LogP) is 6.47. The lowest BCUT2D eigenvalue weighted by atomic mass is 9.96. The number of rotatable bonds is 8. The van der Waals surface area contributed by atoms with Crippen molar-refractivity contribution in [1.82, 2.24) is 19.7 Å². The van der Waals surface area contributed by atoms with Crippen LogP contribution in [-0.4, -0.2) is 77.9 Å². The molecule has 0 bridgehead atoms. The van der Waals surface area contributed by atoms with Crippen LogP contribution in [0.25, 0.3) is 6.08 Å². The molecule has 3 aromatic rings. The lowest BCUT2D eigenvalue weighted by Gasteiger charge is -2.43. The molecule has 9 heteroatoms. The molecule has 1 aromatic heterocycles. The first-order valence-corrected chi connectivity index (χ1v) is 15.0. The highest BCUT2D eigenvalue weighted by atomic mass is 19.4. The lowest BCUT2D eigenvalue weighted by molar-refractivity contribution is -0.137. The molecule has 2 saturated heterocycles. The number of alkyl halides is 3. The number of anilines is 2. The quantitative estimate of drug-likeness (QED) is 0.281. The number of carbonyl (C=O) groups is 1. The summed E-state index contributed by atoms with van der Waals surface area (Å²) in [4.78, 5) is 26.7. The molecule has 0 saturated carbocycles. The van der Waals surface area contributed by atoms with E-state index in [0.29, 0.717) is 18.2 Å². The van der Waals surface area contributed by atoms with Gasteiger partial charge in [-0.05, 0) is 99.4 Å². The van der Waals surface area contributed by atoms with E-state index in [1.54, 1.807) is 18.5 Å². The lowest BCUT2D eigenvalue weighted by Crippen LogP contribution is -2.51. The molecule has 0 atom stereocenters. The number of benzene rings is 2. The van der Waals surface area contributed by atoms with Crippen LogP contribution in [0.4, 0.5) is 24.5 Å². The maximum atomic E-state index is 13.7. The number of aromatic nitrogens is 1. The number of piperidine rings is 2. The number of amides is 1. The third-order valence-corrected chi connectivity index (χ3v) is 8.81. The first-order valence-electron chi connectivity index (χ1n) is 15.0. The molecule has 43 heavy (non-hydrogen) atoms. The molecule has 0 radical (unpaired) electrons. The fourth-order valence-corrected chi connectivity index (χ4v) is 6.09. The summed E-state index contributed by atoms with van der Waals surface area (Å²) in [5.41, 5.74) is 2.94. The molecule has 228 valence electrons. The number of carbonyl (C=O) groups excluding carboxylic acids is 1. The summed E-state index contributed by atoms with van der Waals surface area (Å²) >= 11 is 0. The van der Waals surface area contributed by atoms with Crippen LogP contribution in [0.1, 0.15) is 42.4 Å². The molecule has 6 nitrogen and oxygen atoms in total. The van der Waals surface area contributed by atoms with Gasteiger partial charge < -0.3 is 19.6 Å². The summed E-state index contributed by atoms with van der Waals surface area (Å²) in [6.07, 6.45) is 6.40. The van der Waals surface area contributed by atoms with Gasteiger partial charge in [0.25, 0.3) is 0 Å².